The average Bonchev–Trinajstić information content (AvgIpc) is 3.24. The summed E-state index contributed by atoms with van der Waals surface area (Å²) in [5.74, 6) is -2.95. The zero-order valence-corrected chi connectivity index (χ0v) is 20.9. The third kappa shape index (κ3) is 2.56. The van der Waals surface area contributed by atoms with Crippen molar-refractivity contribution in [1.82, 2.24) is 0 Å². The number of aliphatic hydroxyl groups is 3. The molecule has 7 heteroatoms. The zero-order valence-electron chi connectivity index (χ0n) is 20.9. The maximum Gasteiger partial charge on any atom is 0.334 e. The number of fused-ring (bicyclic) bond motifs is 4. The molecule has 10 atom stereocenters. The summed E-state index contributed by atoms with van der Waals surface area (Å²) in [6.07, 6.45) is 6.93. The fourth-order valence-corrected chi connectivity index (χ4v) is 9.08. The first-order chi connectivity index (χ1) is 16.4. The highest BCUT2D eigenvalue weighted by Gasteiger charge is 2.79. The van der Waals surface area contributed by atoms with Gasteiger partial charge in [-0.3, -0.25) is 4.79 Å². The lowest BCUT2D eigenvalue weighted by Crippen LogP contribution is -2.76. The van der Waals surface area contributed by atoms with Crippen LogP contribution in [0.15, 0.2) is 34.9 Å². The summed E-state index contributed by atoms with van der Waals surface area (Å²) in [7, 11) is 0. The van der Waals surface area contributed by atoms with Gasteiger partial charge in [0.1, 0.15) is 6.10 Å². The van der Waals surface area contributed by atoms with Gasteiger partial charge in [0.05, 0.1) is 23.0 Å². The largest absolute Gasteiger partial charge is 0.452 e. The quantitative estimate of drug-likeness (QED) is 0.408. The highest BCUT2D eigenvalue weighted by molar-refractivity contribution is 5.98. The molecule has 0 spiro atoms. The molecule has 0 bridgehead atoms. The molecule has 2 heterocycles. The van der Waals surface area contributed by atoms with Gasteiger partial charge in [-0.2, -0.15) is 0 Å². The Morgan fingerprint density at radius 3 is 2.54 bits per heavy atom. The first kappa shape index (κ1) is 23.6. The van der Waals surface area contributed by atoms with Crippen LogP contribution in [0, 0.1) is 34.5 Å². The van der Waals surface area contributed by atoms with Gasteiger partial charge in [0, 0.05) is 17.9 Å². The van der Waals surface area contributed by atoms with E-state index in [0.29, 0.717) is 24.0 Å². The molecule has 3 N–H and O–H groups in total. The van der Waals surface area contributed by atoms with Gasteiger partial charge < -0.3 is 24.8 Å². The number of carbonyl (C=O) groups excluding carboxylic acids is 2. The number of ketones is 1. The van der Waals surface area contributed by atoms with E-state index in [1.54, 1.807) is 19.9 Å². The number of aliphatic hydroxyl groups excluding tert-OH is 1. The molecule has 35 heavy (non-hydrogen) atoms. The van der Waals surface area contributed by atoms with Crippen LogP contribution in [-0.4, -0.2) is 57.3 Å². The molecule has 2 saturated carbocycles. The first-order valence-corrected chi connectivity index (χ1v) is 13.0. The van der Waals surface area contributed by atoms with Gasteiger partial charge >= 0.3 is 5.97 Å². The van der Waals surface area contributed by atoms with Crippen LogP contribution in [0.1, 0.15) is 59.8 Å². The summed E-state index contributed by atoms with van der Waals surface area (Å²) in [5.41, 5.74) is -0.861. The number of allylic oxidation sites excluding steroid dienone is 4. The van der Waals surface area contributed by atoms with E-state index in [9.17, 15) is 24.9 Å². The summed E-state index contributed by atoms with van der Waals surface area (Å²) >= 11 is 0. The maximum absolute atomic E-state index is 13.3. The molecule has 0 amide bonds. The fraction of sp³-hybridized carbons (Fsp3) is 0.714. The predicted molar refractivity (Wildman–Crippen MR) is 126 cm³/mol. The number of hydrogen-bond donors (Lipinski definition) is 3. The third-order valence-electron chi connectivity index (χ3n) is 11.4. The molecule has 190 valence electrons. The van der Waals surface area contributed by atoms with Crippen molar-refractivity contribution in [3.63, 3.8) is 0 Å². The topological polar surface area (TPSA) is 113 Å². The van der Waals surface area contributed by atoms with Crippen LogP contribution in [0.4, 0.5) is 0 Å². The zero-order chi connectivity index (χ0) is 25.1. The first-order valence-electron chi connectivity index (χ1n) is 13.0. The van der Waals surface area contributed by atoms with Gasteiger partial charge in [0.2, 0.25) is 0 Å². The van der Waals surface area contributed by atoms with Crippen molar-refractivity contribution in [1.29, 1.82) is 0 Å². The van der Waals surface area contributed by atoms with E-state index >= 15 is 0 Å². The van der Waals surface area contributed by atoms with Crippen LogP contribution in [0.5, 0.6) is 0 Å². The summed E-state index contributed by atoms with van der Waals surface area (Å²) in [6, 6.07) is 0. The molecule has 0 aromatic rings. The van der Waals surface area contributed by atoms with Gasteiger partial charge in [0.15, 0.2) is 17.7 Å². The lowest BCUT2D eigenvalue weighted by atomic mass is 9.43. The highest BCUT2D eigenvalue weighted by atomic mass is 16.7. The minimum Gasteiger partial charge on any atom is -0.452 e. The number of cyclic esters (lactones) is 1. The second kappa shape index (κ2) is 7.15. The Balaban J connectivity index is 1.48. The number of esters is 1. The van der Waals surface area contributed by atoms with Crippen molar-refractivity contribution in [2.75, 3.05) is 6.61 Å². The lowest BCUT2D eigenvalue weighted by molar-refractivity contribution is -0.416. The number of carbonyl (C=O) groups is 2. The standard InChI is InChI=1S/C28H36O7/c1-14-15(2)24(31)34-22(14)23-20(13-29)27(32)11-10-18-17-9-8-16-6-5-7-21(30)25(16,3)19(17)12-28(33,35-23)26(18,27)4/h5,7-8,17-20,22-23,29,32-33H,6,9-13H2,1-4H3. The molecule has 4 aliphatic carbocycles. The minimum absolute atomic E-state index is 0.0601. The van der Waals surface area contributed by atoms with Gasteiger partial charge in [0.25, 0.3) is 0 Å². The Labute approximate surface area is 205 Å². The van der Waals surface area contributed by atoms with Crippen molar-refractivity contribution in [3.8, 4) is 0 Å². The van der Waals surface area contributed by atoms with Gasteiger partial charge in [-0.15, -0.1) is 0 Å². The number of ether oxygens (including phenoxy) is 2. The van der Waals surface area contributed by atoms with Crippen molar-refractivity contribution < 1.29 is 34.4 Å². The van der Waals surface area contributed by atoms with Crippen LogP contribution >= 0.6 is 0 Å². The summed E-state index contributed by atoms with van der Waals surface area (Å²) < 4.78 is 12.2. The number of hydrogen-bond acceptors (Lipinski definition) is 7. The monoisotopic (exact) mass is 484 g/mol. The van der Waals surface area contributed by atoms with E-state index < -0.39 is 46.3 Å². The molecule has 10 unspecified atom stereocenters. The van der Waals surface area contributed by atoms with Crippen molar-refractivity contribution in [2.24, 2.45) is 34.5 Å². The van der Waals surface area contributed by atoms with Crippen LogP contribution in [0.2, 0.25) is 0 Å². The smallest absolute Gasteiger partial charge is 0.334 e. The van der Waals surface area contributed by atoms with Crippen molar-refractivity contribution in [3.05, 3.63) is 34.9 Å². The summed E-state index contributed by atoms with van der Waals surface area (Å²) in [5, 5.41) is 35.3. The minimum atomic E-state index is -1.74. The highest BCUT2D eigenvalue weighted by Crippen LogP contribution is 2.73. The van der Waals surface area contributed by atoms with E-state index in [-0.39, 0.29) is 36.6 Å². The molecular formula is C28H36O7. The molecule has 1 saturated heterocycles. The fourth-order valence-electron chi connectivity index (χ4n) is 9.08. The van der Waals surface area contributed by atoms with E-state index in [4.69, 9.17) is 9.47 Å². The van der Waals surface area contributed by atoms with Crippen LogP contribution in [0.25, 0.3) is 0 Å². The third-order valence-corrected chi connectivity index (χ3v) is 11.4. The SMILES string of the molecule is CC1=C(C)C(C2OC3(O)CC4C(CC=C5CC=CC(=O)C54C)C4CCC(O)(C2CO)C43C)OC1=O. The van der Waals surface area contributed by atoms with Gasteiger partial charge in [-0.1, -0.05) is 24.6 Å². The second-order valence-electron chi connectivity index (χ2n) is 12.2. The normalized spacial score (nSPS) is 52.6. The van der Waals surface area contributed by atoms with Crippen molar-refractivity contribution >= 4 is 11.8 Å². The Bertz CT molecular complexity index is 1100. The summed E-state index contributed by atoms with van der Waals surface area (Å²) in [6.45, 7) is 7.04. The molecule has 0 aromatic heterocycles. The molecule has 3 fully saturated rings. The predicted octanol–water partition coefficient (Wildman–Crippen LogP) is 2.59. The molecular weight excluding hydrogens is 448 g/mol. The molecule has 6 rings (SSSR count). The van der Waals surface area contributed by atoms with E-state index in [0.717, 1.165) is 18.4 Å². The van der Waals surface area contributed by atoms with Crippen molar-refractivity contribution in [2.45, 2.75) is 83.4 Å². The molecule has 2 aliphatic heterocycles. The second-order valence-corrected chi connectivity index (χ2v) is 12.2. The average molecular weight is 485 g/mol. The molecule has 0 radical (unpaired) electrons. The van der Waals surface area contributed by atoms with E-state index in [1.807, 2.05) is 19.9 Å². The Morgan fingerprint density at radius 2 is 1.89 bits per heavy atom. The van der Waals surface area contributed by atoms with E-state index in [2.05, 4.69) is 6.08 Å². The summed E-state index contributed by atoms with van der Waals surface area (Å²) in [4.78, 5) is 25.7. The van der Waals surface area contributed by atoms with Gasteiger partial charge in [-0.05, 0) is 75.9 Å². The molecule has 7 nitrogen and oxygen atoms in total. The Kier molecular flexibility index (Phi) is 4.82. The maximum atomic E-state index is 13.3. The lowest BCUT2D eigenvalue weighted by Gasteiger charge is -2.67. The van der Waals surface area contributed by atoms with E-state index in [1.165, 1.54) is 0 Å². The van der Waals surface area contributed by atoms with Crippen LogP contribution in [-0.2, 0) is 19.1 Å². The molecule has 6 aliphatic rings. The number of rotatable bonds is 2. The Hall–Kier alpha value is -1.80. The van der Waals surface area contributed by atoms with Crippen LogP contribution < -0.4 is 0 Å². The Morgan fingerprint density at radius 1 is 1.14 bits per heavy atom. The van der Waals surface area contributed by atoms with Gasteiger partial charge in [-0.25, -0.2) is 4.79 Å². The van der Waals surface area contributed by atoms with Crippen LogP contribution in [0.3, 0.4) is 0 Å². The molecule has 0 aromatic carbocycles.